The van der Waals surface area contributed by atoms with Crippen molar-refractivity contribution in [1.82, 2.24) is 0 Å². The van der Waals surface area contributed by atoms with Gasteiger partial charge in [-0.15, -0.1) is 0 Å². The van der Waals surface area contributed by atoms with Crippen LogP contribution in [0.25, 0.3) is 0 Å². The average Bonchev–Trinajstić information content (AvgIpc) is 2.68. The zero-order valence-corrected chi connectivity index (χ0v) is 22.6. The summed E-state index contributed by atoms with van der Waals surface area (Å²) in [5, 5.41) is -0.988. The van der Waals surface area contributed by atoms with E-state index in [-0.39, 0.29) is 42.6 Å². The zero-order valence-electron chi connectivity index (χ0n) is 19.8. The summed E-state index contributed by atoms with van der Waals surface area (Å²) >= 11 is 0. The second kappa shape index (κ2) is 17.5. The summed E-state index contributed by atoms with van der Waals surface area (Å²) in [5.74, 6) is 0.734. The first kappa shape index (κ1) is 29.9. The van der Waals surface area contributed by atoms with E-state index in [4.69, 9.17) is 4.74 Å². The monoisotopic (exact) mass is 448 g/mol. The summed E-state index contributed by atoms with van der Waals surface area (Å²) in [5.41, 5.74) is 2.46. The predicted molar refractivity (Wildman–Crippen MR) is 121 cm³/mol. The van der Waals surface area contributed by atoms with Gasteiger partial charge in [0.25, 0.3) is 0 Å². The topological polar surface area (TPSA) is 66.4 Å². The summed E-state index contributed by atoms with van der Waals surface area (Å²) in [7, 11) is -4.33. The molecule has 0 heterocycles. The molecule has 0 fully saturated rings. The van der Waals surface area contributed by atoms with Crippen LogP contribution in [0.4, 0.5) is 0 Å². The fourth-order valence-electron chi connectivity index (χ4n) is 3.56. The van der Waals surface area contributed by atoms with E-state index >= 15 is 0 Å². The van der Waals surface area contributed by atoms with Crippen LogP contribution in [0.15, 0.2) is 18.2 Å². The van der Waals surface area contributed by atoms with Crippen molar-refractivity contribution in [2.75, 3.05) is 6.61 Å². The van der Waals surface area contributed by atoms with Crippen molar-refractivity contribution in [1.29, 1.82) is 0 Å². The van der Waals surface area contributed by atoms with Crippen molar-refractivity contribution < 1.29 is 47.3 Å². The minimum absolute atomic E-state index is 0. The third-order valence-corrected chi connectivity index (χ3v) is 6.82. The molecule has 0 aliphatic heterocycles. The minimum atomic E-state index is -4.33. The second-order valence-electron chi connectivity index (χ2n) is 8.10. The molecule has 0 spiro atoms. The van der Waals surface area contributed by atoms with E-state index in [9.17, 15) is 13.0 Å². The molecule has 1 atom stereocenters. The van der Waals surface area contributed by atoms with Gasteiger partial charge in [-0.2, -0.15) is 0 Å². The summed E-state index contributed by atoms with van der Waals surface area (Å²) in [6, 6.07) is 6.27. The molecule has 1 aromatic rings. The van der Waals surface area contributed by atoms with Gasteiger partial charge in [0.2, 0.25) is 0 Å². The van der Waals surface area contributed by atoms with Gasteiger partial charge in [-0.1, -0.05) is 84.3 Å². The molecule has 0 aliphatic rings. The molecule has 1 aromatic carbocycles. The summed E-state index contributed by atoms with van der Waals surface area (Å²) in [4.78, 5) is 0. The van der Waals surface area contributed by atoms with E-state index < -0.39 is 15.4 Å². The van der Waals surface area contributed by atoms with Crippen LogP contribution in [-0.2, 0) is 23.0 Å². The van der Waals surface area contributed by atoms with Crippen LogP contribution in [0.5, 0.6) is 5.75 Å². The van der Waals surface area contributed by atoms with Crippen LogP contribution in [0.1, 0.15) is 103 Å². The molecule has 30 heavy (non-hydrogen) atoms. The molecule has 0 amide bonds. The first-order chi connectivity index (χ1) is 13.9. The molecule has 0 aliphatic carbocycles. The Morgan fingerprint density at radius 1 is 0.867 bits per heavy atom. The van der Waals surface area contributed by atoms with Gasteiger partial charge < -0.3 is 9.29 Å². The molecular formula is C24H41NaO4S. The van der Waals surface area contributed by atoms with Crippen LogP contribution in [0.3, 0.4) is 0 Å². The first-order valence-corrected chi connectivity index (χ1v) is 13.1. The van der Waals surface area contributed by atoms with Crippen molar-refractivity contribution in [2.24, 2.45) is 0 Å². The van der Waals surface area contributed by atoms with Crippen LogP contribution >= 0.6 is 0 Å². The Morgan fingerprint density at radius 2 is 1.43 bits per heavy atom. The number of ether oxygens (including phenoxy) is 1. The number of aryl methyl sites for hydroxylation is 2. The van der Waals surface area contributed by atoms with Gasteiger partial charge in [0.05, 0.1) is 5.25 Å². The summed E-state index contributed by atoms with van der Waals surface area (Å²) in [6.07, 6.45) is 14.6. The normalized spacial score (nSPS) is 12.4. The summed E-state index contributed by atoms with van der Waals surface area (Å²) < 4.78 is 39.9. The van der Waals surface area contributed by atoms with Gasteiger partial charge in [0.15, 0.2) is 0 Å². The molecule has 1 rings (SSSR count). The van der Waals surface area contributed by atoms with E-state index in [2.05, 4.69) is 26.0 Å². The number of benzene rings is 1. The molecule has 6 heteroatoms. The van der Waals surface area contributed by atoms with E-state index in [1.165, 1.54) is 63.4 Å². The molecule has 0 saturated heterocycles. The fraction of sp³-hybridized carbons (Fsp3) is 0.750. The van der Waals surface area contributed by atoms with Crippen LogP contribution in [-0.4, -0.2) is 24.8 Å². The Hall–Kier alpha value is -0.0700. The average molecular weight is 449 g/mol. The molecule has 4 nitrogen and oxygen atoms in total. The van der Waals surface area contributed by atoms with Gasteiger partial charge in [0.1, 0.15) is 22.5 Å². The van der Waals surface area contributed by atoms with Gasteiger partial charge >= 0.3 is 29.6 Å². The largest absolute Gasteiger partial charge is 1.00 e. The quantitative estimate of drug-likeness (QED) is 0.208. The maximum atomic E-state index is 11.4. The van der Waals surface area contributed by atoms with Crippen molar-refractivity contribution in [3.63, 3.8) is 0 Å². The van der Waals surface area contributed by atoms with Crippen molar-refractivity contribution in [3.05, 3.63) is 29.3 Å². The van der Waals surface area contributed by atoms with Crippen LogP contribution in [0, 0.1) is 0 Å². The molecule has 1 unspecified atom stereocenters. The smallest absolute Gasteiger partial charge is 0.748 e. The Kier molecular flexibility index (Phi) is 17.4. The SMILES string of the molecule is CCCCCCCc1ccc(OCC(CC)S(=O)(=O)[O-])c(CCCCCCC)c1.[Na+]. The first-order valence-electron chi connectivity index (χ1n) is 11.6. The van der Waals surface area contributed by atoms with Gasteiger partial charge in [-0.25, -0.2) is 8.42 Å². The second-order valence-corrected chi connectivity index (χ2v) is 9.76. The van der Waals surface area contributed by atoms with E-state index in [1.54, 1.807) is 6.92 Å². The minimum Gasteiger partial charge on any atom is -0.748 e. The van der Waals surface area contributed by atoms with Gasteiger partial charge in [-0.05, 0) is 49.3 Å². The van der Waals surface area contributed by atoms with Crippen molar-refractivity contribution in [3.8, 4) is 5.75 Å². The molecule has 0 saturated carbocycles. The van der Waals surface area contributed by atoms with Crippen LogP contribution < -0.4 is 34.3 Å². The fourth-order valence-corrected chi connectivity index (χ4v) is 4.21. The van der Waals surface area contributed by atoms with E-state index in [0.29, 0.717) is 0 Å². The third kappa shape index (κ3) is 12.7. The number of hydrogen-bond acceptors (Lipinski definition) is 4. The Morgan fingerprint density at radius 3 is 1.97 bits per heavy atom. The number of unbranched alkanes of at least 4 members (excludes halogenated alkanes) is 8. The zero-order chi connectivity index (χ0) is 21.5. The predicted octanol–water partition coefficient (Wildman–Crippen LogP) is 3.42. The Balaban J connectivity index is 0.00000841. The Labute approximate surface area is 207 Å². The maximum absolute atomic E-state index is 11.4. The molecule has 0 N–H and O–H groups in total. The van der Waals surface area contributed by atoms with E-state index in [0.717, 1.165) is 30.6 Å². The number of rotatable bonds is 17. The van der Waals surface area contributed by atoms with Gasteiger partial charge in [-0.3, -0.25) is 0 Å². The van der Waals surface area contributed by atoms with E-state index in [1.807, 2.05) is 6.07 Å². The molecule has 168 valence electrons. The number of hydrogen-bond donors (Lipinski definition) is 0. The van der Waals surface area contributed by atoms with Gasteiger partial charge in [0, 0.05) is 0 Å². The molecule has 0 aromatic heterocycles. The molecule has 0 bridgehead atoms. The van der Waals surface area contributed by atoms with Crippen molar-refractivity contribution >= 4 is 10.1 Å². The van der Waals surface area contributed by atoms with Crippen LogP contribution in [0.2, 0.25) is 0 Å². The third-order valence-electron chi connectivity index (χ3n) is 5.53. The molecular weight excluding hydrogens is 407 g/mol. The maximum Gasteiger partial charge on any atom is 1.00 e. The van der Waals surface area contributed by atoms with Crippen molar-refractivity contribution in [2.45, 2.75) is 109 Å². The summed E-state index contributed by atoms with van der Waals surface area (Å²) in [6.45, 7) is 6.08. The molecule has 0 radical (unpaired) electrons. The Bertz CT molecular complexity index is 661. The standard InChI is InChI=1S/C24H42O4S.Na/c1-4-7-9-11-13-15-21-17-18-24(28-20-23(6-3)29(25,26)27)22(19-21)16-14-12-10-8-5-2;/h17-19,23H,4-16,20H2,1-3H3,(H,25,26,27);/q;+1/p-1.